The smallest absolute Gasteiger partial charge is 0.333 e. The zero-order valence-corrected chi connectivity index (χ0v) is 30.6. The van der Waals surface area contributed by atoms with Gasteiger partial charge in [-0.2, -0.15) is 0 Å². The molecule has 5 heterocycles. The summed E-state index contributed by atoms with van der Waals surface area (Å²) >= 11 is 0. The summed E-state index contributed by atoms with van der Waals surface area (Å²) in [5, 5.41) is 7.42. The van der Waals surface area contributed by atoms with Gasteiger partial charge in [-0.25, -0.2) is 0 Å². The molecule has 1 aliphatic carbocycles. The number of hydrogen-bond acceptors (Lipinski definition) is 2. The molecular formula is C53H29BN2O. The molecule has 0 radical (unpaired) electrons. The van der Waals surface area contributed by atoms with E-state index >= 15 is 0 Å². The van der Waals surface area contributed by atoms with Gasteiger partial charge in [0.25, 0.3) is 0 Å². The van der Waals surface area contributed by atoms with Gasteiger partial charge in [-0.1, -0.05) is 146 Å². The molecule has 57 heavy (non-hydrogen) atoms. The minimum Gasteiger partial charge on any atom is -0.456 e. The second-order valence-corrected chi connectivity index (χ2v) is 16.3. The summed E-state index contributed by atoms with van der Waals surface area (Å²) in [6.45, 7) is -0.0791. The van der Waals surface area contributed by atoms with Crippen molar-refractivity contribution < 1.29 is 4.42 Å². The fraction of sp³-hybridized carbons (Fsp3) is 0.0189. The van der Waals surface area contributed by atoms with Gasteiger partial charge in [0.2, 0.25) is 0 Å². The Morgan fingerprint density at radius 2 is 1.11 bits per heavy atom. The standard InChI is InChI=1S/C53H29BN2O/c1-2-14-31-28-45-37(27-30(31)13-1)34-18-11-19-35-38-29-47-48(36-17-5-10-26-46(36)57-47)52-49(38)54(56(45)50(34)35)43-24-12-23-42-51(43)55(52)44-25-9-8-22-41(44)53(42)39-20-6-3-15-32(39)33-16-4-7-21-40(33)53/h1-29H. The monoisotopic (exact) mass is 720 g/mol. The maximum atomic E-state index is 6.89. The number of para-hydroxylation sites is 4. The van der Waals surface area contributed by atoms with E-state index in [1.54, 1.807) is 0 Å². The highest BCUT2D eigenvalue weighted by atomic mass is 16.3. The Hall–Kier alpha value is -7.30. The van der Waals surface area contributed by atoms with Crippen molar-refractivity contribution in [2.24, 2.45) is 0 Å². The molecule has 9 aromatic carbocycles. The van der Waals surface area contributed by atoms with E-state index in [-0.39, 0.29) is 6.85 Å². The van der Waals surface area contributed by atoms with Crippen LogP contribution in [0.5, 0.6) is 0 Å². The van der Waals surface area contributed by atoms with Crippen molar-refractivity contribution in [3.8, 4) is 22.3 Å². The Morgan fingerprint density at radius 1 is 0.456 bits per heavy atom. The van der Waals surface area contributed by atoms with E-state index in [0.29, 0.717) is 0 Å². The van der Waals surface area contributed by atoms with E-state index < -0.39 is 5.41 Å². The highest BCUT2D eigenvalue weighted by Crippen LogP contribution is 2.64. The van der Waals surface area contributed by atoms with Gasteiger partial charge in [-0.05, 0) is 91.0 Å². The summed E-state index contributed by atoms with van der Waals surface area (Å²) in [6.07, 6.45) is 0. The number of benzene rings is 9. The van der Waals surface area contributed by atoms with Crippen LogP contribution in [0.15, 0.2) is 180 Å². The molecule has 0 atom stereocenters. The molecule has 4 heteroatoms. The lowest BCUT2D eigenvalue weighted by Gasteiger charge is -2.49. The maximum Gasteiger partial charge on any atom is 0.333 e. The Morgan fingerprint density at radius 3 is 1.95 bits per heavy atom. The lowest BCUT2D eigenvalue weighted by Crippen LogP contribution is -2.58. The molecule has 11 aromatic rings. The average molecular weight is 721 g/mol. The molecule has 0 N–H and O–H groups in total. The number of nitrogens with zero attached hydrogens (tertiary/aromatic N) is 2. The van der Waals surface area contributed by atoms with Crippen LogP contribution in [0.4, 0.5) is 17.1 Å². The molecule has 0 amide bonds. The van der Waals surface area contributed by atoms with Crippen molar-refractivity contribution in [2.75, 3.05) is 4.90 Å². The van der Waals surface area contributed by atoms with Crippen molar-refractivity contribution in [3.05, 3.63) is 198 Å². The first kappa shape index (κ1) is 29.1. The van der Waals surface area contributed by atoms with Gasteiger partial charge in [0.05, 0.1) is 22.2 Å². The number of aromatic nitrogens is 1. The molecule has 4 aliphatic rings. The fourth-order valence-corrected chi connectivity index (χ4v) is 11.9. The highest BCUT2D eigenvalue weighted by molar-refractivity contribution is 6.90. The van der Waals surface area contributed by atoms with Crippen molar-refractivity contribution in [3.63, 3.8) is 0 Å². The van der Waals surface area contributed by atoms with Crippen molar-refractivity contribution in [2.45, 2.75) is 5.41 Å². The fourth-order valence-electron chi connectivity index (χ4n) is 11.9. The number of rotatable bonds is 0. The second-order valence-electron chi connectivity index (χ2n) is 16.3. The van der Waals surface area contributed by atoms with Gasteiger partial charge >= 0.3 is 6.85 Å². The summed E-state index contributed by atoms with van der Waals surface area (Å²) in [4.78, 5) is 2.64. The molecule has 3 aliphatic heterocycles. The number of fused-ring (bicyclic) bond motifs is 21. The first-order chi connectivity index (χ1) is 28.3. The first-order valence-electron chi connectivity index (χ1n) is 20.0. The van der Waals surface area contributed by atoms with Gasteiger partial charge in [-0.15, -0.1) is 0 Å². The number of furan rings is 1. The molecule has 3 nitrogen and oxygen atoms in total. The van der Waals surface area contributed by atoms with Crippen molar-refractivity contribution in [1.29, 1.82) is 0 Å². The van der Waals surface area contributed by atoms with Gasteiger partial charge < -0.3 is 13.8 Å². The molecular weight excluding hydrogens is 691 g/mol. The predicted octanol–water partition coefficient (Wildman–Crippen LogP) is 11.9. The zero-order valence-electron chi connectivity index (χ0n) is 30.6. The van der Waals surface area contributed by atoms with Crippen LogP contribution in [0, 0.1) is 0 Å². The number of anilines is 3. The minimum absolute atomic E-state index is 0.0791. The average Bonchev–Trinajstić information content (AvgIpc) is 3.90. The molecule has 0 unspecified atom stereocenters. The van der Waals surface area contributed by atoms with Crippen LogP contribution in [0.2, 0.25) is 0 Å². The lowest BCUT2D eigenvalue weighted by molar-refractivity contribution is 0.669. The van der Waals surface area contributed by atoms with E-state index in [9.17, 15) is 0 Å². The number of hydrogen-bond donors (Lipinski definition) is 0. The summed E-state index contributed by atoms with van der Waals surface area (Å²) in [5.74, 6) is 0. The Labute approximate surface area is 327 Å². The Kier molecular flexibility index (Phi) is 4.96. The Bertz CT molecular complexity index is 3640. The van der Waals surface area contributed by atoms with Crippen LogP contribution in [-0.4, -0.2) is 11.3 Å². The largest absolute Gasteiger partial charge is 0.456 e. The molecule has 0 fully saturated rings. The third-order valence-electron chi connectivity index (χ3n) is 13.9. The summed E-state index contributed by atoms with van der Waals surface area (Å²) in [7, 11) is 0. The minimum atomic E-state index is -0.505. The van der Waals surface area contributed by atoms with Gasteiger partial charge in [0.1, 0.15) is 11.2 Å². The first-order valence-corrected chi connectivity index (χ1v) is 20.0. The quantitative estimate of drug-likeness (QED) is 0.146. The van der Waals surface area contributed by atoms with Crippen LogP contribution in [0.3, 0.4) is 0 Å². The molecule has 0 saturated heterocycles. The van der Waals surface area contributed by atoms with Crippen LogP contribution >= 0.6 is 0 Å². The van der Waals surface area contributed by atoms with Crippen LogP contribution in [0.1, 0.15) is 22.3 Å². The van der Waals surface area contributed by atoms with Gasteiger partial charge in [0.15, 0.2) is 0 Å². The molecule has 0 bridgehead atoms. The Balaban J connectivity index is 1.19. The maximum absolute atomic E-state index is 6.89. The van der Waals surface area contributed by atoms with Crippen molar-refractivity contribution >= 4 is 89.4 Å². The topological polar surface area (TPSA) is 21.3 Å². The molecule has 2 aromatic heterocycles. The molecule has 260 valence electrons. The highest BCUT2D eigenvalue weighted by Gasteiger charge is 2.55. The summed E-state index contributed by atoms with van der Waals surface area (Å²) in [6, 6.07) is 66.1. The van der Waals surface area contributed by atoms with Crippen LogP contribution < -0.4 is 15.8 Å². The van der Waals surface area contributed by atoms with Gasteiger partial charge in [0, 0.05) is 38.4 Å². The molecule has 1 spiro atoms. The molecule has 0 saturated carbocycles. The van der Waals surface area contributed by atoms with Crippen LogP contribution in [0.25, 0.3) is 76.8 Å². The third-order valence-corrected chi connectivity index (χ3v) is 13.9. The van der Waals surface area contributed by atoms with E-state index in [1.165, 1.54) is 110 Å². The van der Waals surface area contributed by atoms with E-state index in [0.717, 1.165) is 16.6 Å². The summed E-state index contributed by atoms with van der Waals surface area (Å²) < 4.78 is 9.58. The summed E-state index contributed by atoms with van der Waals surface area (Å²) in [5.41, 5.74) is 20.7. The van der Waals surface area contributed by atoms with Gasteiger partial charge in [-0.3, -0.25) is 0 Å². The van der Waals surface area contributed by atoms with Crippen LogP contribution in [-0.2, 0) is 5.41 Å². The third kappa shape index (κ3) is 3.15. The SMILES string of the molecule is c1ccc2c(c1)-c1ccccc1C21c2ccccc2N2c3c(cccc31)B1c3c(cc4oc5ccccc5c4c32)-c2cccc3c4cc5ccccc5cc4n1c23. The lowest BCUT2D eigenvalue weighted by atomic mass is 9.43. The predicted molar refractivity (Wildman–Crippen MR) is 236 cm³/mol. The van der Waals surface area contributed by atoms with E-state index in [4.69, 9.17) is 4.42 Å². The normalized spacial score (nSPS) is 14.7. The molecule has 15 rings (SSSR count). The zero-order chi connectivity index (χ0) is 36.7. The second kappa shape index (κ2) is 9.73. The van der Waals surface area contributed by atoms with E-state index in [2.05, 4.69) is 185 Å². The van der Waals surface area contributed by atoms with Crippen molar-refractivity contribution in [1.82, 2.24) is 4.48 Å². The van der Waals surface area contributed by atoms with E-state index in [1.807, 2.05) is 0 Å².